The van der Waals surface area contributed by atoms with Crippen LogP contribution in [0.1, 0.15) is 44.2 Å². The number of hydrogen-bond acceptors (Lipinski definition) is 4. The Kier molecular flexibility index (Phi) is 11.4. The van der Waals surface area contributed by atoms with Crippen molar-refractivity contribution in [2.24, 2.45) is 0 Å². The van der Waals surface area contributed by atoms with E-state index in [1.807, 2.05) is 45.0 Å². The minimum absolute atomic E-state index is 0.00785. The Bertz CT molecular complexity index is 1400. The van der Waals surface area contributed by atoms with Crippen LogP contribution in [0.4, 0.5) is 5.69 Å². The molecule has 0 saturated heterocycles. The fraction of sp³-hybridized carbons (Fsp3) is 0.333. The highest BCUT2D eigenvalue weighted by molar-refractivity contribution is 7.92. The van der Waals surface area contributed by atoms with Crippen LogP contribution in [0, 0.1) is 6.92 Å². The molecule has 3 rings (SSSR count). The molecular formula is C30H35Cl2N3O4S. The van der Waals surface area contributed by atoms with Gasteiger partial charge in [-0.1, -0.05) is 91.5 Å². The molecule has 3 aromatic rings. The fourth-order valence-corrected chi connectivity index (χ4v) is 6.30. The number of nitrogens with zero attached hydrogens (tertiary/aromatic N) is 2. The van der Waals surface area contributed by atoms with E-state index in [9.17, 15) is 18.0 Å². The standard InChI is InChI=1S/C30H35Cl2N3O4S/c1-4-6-15-33-30(37)28(5-2)34(20-23-12-10-11-22(3)16-23)29(36)21-35(26-18-24(31)17-25(32)19-26)40(38,39)27-13-8-7-9-14-27/h7-14,16-19,28H,4-6,15,20-21H2,1-3H3,(H,33,37). The SMILES string of the molecule is CCCCNC(=O)C(CC)N(Cc1cccc(C)c1)C(=O)CN(c1cc(Cl)cc(Cl)c1)S(=O)(=O)c1ccccc1. The van der Waals surface area contributed by atoms with Gasteiger partial charge in [0.2, 0.25) is 11.8 Å². The topological polar surface area (TPSA) is 86.8 Å². The lowest BCUT2D eigenvalue weighted by Crippen LogP contribution is -2.52. The number of halogens is 2. The van der Waals surface area contributed by atoms with Crippen molar-refractivity contribution < 1.29 is 18.0 Å². The molecule has 214 valence electrons. The molecule has 1 N–H and O–H groups in total. The monoisotopic (exact) mass is 603 g/mol. The molecule has 0 radical (unpaired) electrons. The van der Waals surface area contributed by atoms with Gasteiger partial charge in [0.25, 0.3) is 10.0 Å². The molecule has 0 fully saturated rings. The summed E-state index contributed by atoms with van der Waals surface area (Å²) in [5.41, 5.74) is 1.98. The first kappa shape index (κ1) is 31.5. The van der Waals surface area contributed by atoms with Crippen LogP contribution in [0.3, 0.4) is 0 Å². The first-order valence-corrected chi connectivity index (χ1v) is 15.4. The maximum atomic E-state index is 14.1. The number of carbonyl (C=O) groups excluding carboxylic acids is 2. The van der Waals surface area contributed by atoms with E-state index >= 15 is 0 Å². The highest BCUT2D eigenvalue weighted by Gasteiger charge is 2.33. The number of anilines is 1. The molecule has 10 heteroatoms. The molecule has 0 aliphatic heterocycles. The number of aryl methyl sites for hydroxylation is 1. The average Bonchev–Trinajstić information content (AvgIpc) is 2.91. The Labute approximate surface area is 247 Å². The first-order valence-electron chi connectivity index (χ1n) is 13.2. The molecule has 3 aromatic carbocycles. The van der Waals surface area contributed by atoms with E-state index in [0.717, 1.165) is 28.3 Å². The summed E-state index contributed by atoms with van der Waals surface area (Å²) in [5.74, 6) is -0.810. The Balaban J connectivity index is 2.06. The third-order valence-corrected chi connectivity index (χ3v) is 8.62. The largest absolute Gasteiger partial charge is 0.354 e. The van der Waals surface area contributed by atoms with Crippen molar-refractivity contribution in [1.29, 1.82) is 0 Å². The molecule has 0 aliphatic rings. The van der Waals surface area contributed by atoms with Crippen molar-refractivity contribution in [3.05, 3.63) is 94.0 Å². The van der Waals surface area contributed by atoms with Crippen LogP contribution in [0.15, 0.2) is 77.7 Å². The predicted molar refractivity (Wildman–Crippen MR) is 161 cm³/mol. The van der Waals surface area contributed by atoms with Crippen molar-refractivity contribution in [2.45, 2.75) is 57.5 Å². The fourth-order valence-electron chi connectivity index (χ4n) is 4.36. The molecular weight excluding hydrogens is 569 g/mol. The van der Waals surface area contributed by atoms with Crippen LogP contribution in [0.25, 0.3) is 0 Å². The van der Waals surface area contributed by atoms with E-state index in [1.165, 1.54) is 35.2 Å². The minimum atomic E-state index is -4.20. The summed E-state index contributed by atoms with van der Waals surface area (Å²) in [4.78, 5) is 28.8. The molecule has 1 unspecified atom stereocenters. The van der Waals surface area contributed by atoms with Crippen molar-refractivity contribution in [2.75, 3.05) is 17.4 Å². The van der Waals surface area contributed by atoms with Gasteiger partial charge in [-0.3, -0.25) is 13.9 Å². The number of carbonyl (C=O) groups is 2. The molecule has 7 nitrogen and oxygen atoms in total. The second-order valence-electron chi connectivity index (χ2n) is 9.53. The summed E-state index contributed by atoms with van der Waals surface area (Å²) in [5, 5.41) is 3.37. The van der Waals surface area contributed by atoms with Gasteiger partial charge in [0.1, 0.15) is 12.6 Å². The molecule has 0 aromatic heterocycles. The van der Waals surface area contributed by atoms with Gasteiger partial charge < -0.3 is 10.2 Å². The molecule has 0 saturated carbocycles. The minimum Gasteiger partial charge on any atom is -0.354 e. The number of amides is 2. The molecule has 0 heterocycles. The van der Waals surface area contributed by atoms with Crippen LogP contribution in [0.2, 0.25) is 10.0 Å². The van der Waals surface area contributed by atoms with Crippen LogP contribution in [0.5, 0.6) is 0 Å². The number of benzene rings is 3. The second kappa shape index (κ2) is 14.5. The van der Waals surface area contributed by atoms with Gasteiger partial charge >= 0.3 is 0 Å². The van der Waals surface area contributed by atoms with E-state index < -0.39 is 28.5 Å². The quantitative estimate of drug-likeness (QED) is 0.235. The Morgan fingerprint density at radius 1 is 0.925 bits per heavy atom. The zero-order chi connectivity index (χ0) is 29.3. The van der Waals surface area contributed by atoms with Gasteiger partial charge in [-0.15, -0.1) is 0 Å². The lowest BCUT2D eigenvalue weighted by atomic mass is 10.1. The van der Waals surface area contributed by atoms with Crippen LogP contribution < -0.4 is 9.62 Å². The van der Waals surface area contributed by atoms with Gasteiger partial charge in [-0.05, 0) is 55.7 Å². The lowest BCUT2D eigenvalue weighted by molar-refractivity contribution is -0.140. The molecule has 0 aliphatic carbocycles. The molecule has 0 bridgehead atoms. The Morgan fingerprint density at radius 2 is 1.60 bits per heavy atom. The van der Waals surface area contributed by atoms with Gasteiger partial charge in [0.15, 0.2) is 0 Å². The van der Waals surface area contributed by atoms with E-state index in [1.54, 1.807) is 18.2 Å². The molecule has 1 atom stereocenters. The summed E-state index contributed by atoms with van der Waals surface area (Å²) in [6.07, 6.45) is 2.08. The summed E-state index contributed by atoms with van der Waals surface area (Å²) in [6.45, 7) is 5.88. The van der Waals surface area contributed by atoms with Crippen molar-refractivity contribution >= 4 is 50.7 Å². The maximum absolute atomic E-state index is 14.1. The Morgan fingerprint density at radius 3 is 2.20 bits per heavy atom. The van der Waals surface area contributed by atoms with Crippen LogP contribution >= 0.6 is 23.2 Å². The predicted octanol–water partition coefficient (Wildman–Crippen LogP) is 6.22. The van der Waals surface area contributed by atoms with E-state index in [0.29, 0.717) is 13.0 Å². The normalized spacial score (nSPS) is 12.0. The van der Waals surface area contributed by atoms with Crippen molar-refractivity contribution in [3.63, 3.8) is 0 Å². The van der Waals surface area contributed by atoms with Gasteiger partial charge in [-0.25, -0.2) is 8.42 Å². The highest BCUT2D eigenvalue weighted by atomic mass is 35.5. The smallest absolute Gasteiger partial charge is 0.264 e. The number of hydrogen-bond donors (Lipinski definition) is 1. The average molecular weight is 605 g/mol. The van der Waals surface area contributed by atoms with E-state index in [2.05, 4.69) is 5.32 Å². The van der Waals surface area contributed by atoms with Crippen molar-refractivity contribution in [1.82, 2.24) is 10.2 Å². The van der Waals surface area contributed by atoms with E-state index in [4.69, 9.17) is 23.2 Å². The highest BCUT2D eigenvalue weighted by Crippen LogP contribution is 2.30. The molecule has 40 heavy (non-hydrogen) atoms. The second-order valence-corrected chi connectivity index (χ2v) is 12.3. The number of unbranched alkanes of at least 4 members (excludes halogenated alkanes) is 1. The zero-order valence-corrected chi connectivity index (χ0v) is 25.3. The van der Waals surface area contributed by atoms with E-state index in [-0.39, 0.29) is 33.1 Å². The third-order valence-electron chi connectivity index (χ3n) is 6.40. The lowest BCUT2D eigenvalue weighted by Gasteiger charge is -2.33. The van der Waals surface area contributed by atoms with Gasteiger partial charge in [0.05, 0.1) is 10.6 Å². The Hall–Kier alpha value is -3.07. The number of nitrogens with one attached hydrogen (secondary N) is 1. The maximum Gasteiger partial charge on any atom is 0.264 e. The summed E-state index contributed by atoms with van der Waals surface area (Å²) >= 11 is 12.5. The summed E-state index contributed by atoms with van der Waals surface area (Å²) in [7, 11) is -4.20. The van der Waals surface area contributed by atoms with Crippen LogP contribution in [-0.2, 0) is 26.2 Å². The third kappa shape index (κ3) is 8.22. The first-order chi connectivity index (χ1) is 19.1. The summed E-state index contributed by atoms with van der Waals surface area (Å²) < 4.78 is 28.7. The van der Waals surface area contributed by atoms with Gasteiger partial charge in [0, 0.05) is 23.1 Å². The number of rotatable bonds is 13. The van der Waals surface area contributed by atoms with Crippen LogP contribution in [-0.4, -0.2) is 44.3 Å². The summed E-state index contributed by atoms with van der Waals surface area (Å²) in [6, 6.07) is 19.1. The molecule has 0 spiro atoms. The molecule has 2 amide bonds. The zero-order valence-electron chi connectivity index (χ0n) is 22.9. The van der Waals surface area contributed by atoms with Gasteiger partial charge in [-0.2, -0.15) is 0 Å². The van der Waals surface area contributed by atoms with Crippen molar-refractivity contribution in [3.8, 4) is 0 Å². The number of sulfonamides is 1.